The van der Waals surface area contributed by atoms with E-state index in [0.29, 0.717) is 11.6 Å². The first kappa shape index (κ1) is 49.7. The van der Waals surface area contributed by atoms with Gasteiger partial charge in [-0.3, -0.25) is 9.97 Å². The Labute approximate surface area is 434 Å². The van der Waals surface area contributed by atoms with E-state index in [1.54, 1.807) is 0 Å². The summed E-state index contributed by atoms with van der Waals surface area (Å²) >= 11 is -1.92. The SMILES string of the molecule is CC(C)Cc1cc(-c2[c-]ccc3ccccc23)nc[c]1[Ge]([CH3])([CH3])[CH3].Cc1ccc2ccc3nc(-c4[c-]cc(C)c5c4oc4nc(-c6c(C)cccc6C)ccc45)n(-c4ccc(C(C)(C)C)cc4)c3c2n1.[Ir]. The molecule has 6 aromatic carbocycles. The number of nitrogens with zero attached hydrogens (tertiary/aromatic N) is 5. The zero-order valence-electron chi connectivity index (χ0n) is 43.0. The molecular weight excluding hydrogens is 1110 g/mol. The molecule has 11 rings (SSSR count). The Morgan fingerprint density at radius 1 is 0.690 bits per heavy atom. The summed E-state index contributed by atoms with van der Waals surface area (Å²) in [6, 6.07) is 51.7. The van der Waals surface area contributed by atoms with E-state index in [1.807, 2.05) is 19.1 Å². The first-order chi connectivity index (χ1) is 33.4. The van der Waals surface area contributed by atoms with Crippen molar-refractivity contribution < 1.29 is 24.5 Å². The Hall–Kier alpha value is -6.25. The van der Waals surface area contributed by atoms with E-state index >= 15 is 0 Å². The number of imidazole rings is 1. The Morgan fingerprint density at radius 2 is 1.42 bits per heavy atom. The third-order valence-corrected chi connectivity index (χ3v) is 17.9. The molecule has 359 valence electrons. The van der Waals surface area contributed by atoms with Gasteiger partial charge in [-0.05, 0) is 79.3 Å². The van der Waals surface area contributed by atoms with E-state index in [9.17, 15) is 0 Å². The van der Waals surface area contributed by atoms with E-state index in [-0.39, 0.29) is 25.5 Å². The van der Waals surface area contributed by atoms with Crippen LogP contribution in [0.2, 0.25) is 17.3 Å². The van der Waals surface area contributed by atoms with Gasteiger partial charge in [0.25, 0.3) is 0 Å². The maximum Gasteiger partial charge on any atom is 0.216 e. The van der Waals surface area contributed by atoms with Crippen molar-refractivity contribution in [2.24, 2.45) is 5.92 Å². The zero-order valence-corrected chi connectivity index (χ0v) is 47.5. The van der Waals surface area contributed by atoms with E-state index in [2.05, 4.69) is 211 Å². The number of hydrogen-bond acceptors (Lipinski definition) is 5. The number of rotatable bonds is 7. The molecular formula is C63H61GeIrN5O-2. The summed E-state index contributed by atoms with van der Waals surface area (Å²) in [5.74, 6) is 8.76. The predicted molar refractivity (Wildman–Crippen MR) is 296 cm³/mol. The smallest absolute Gasteiger partial charge is 0.216 e. The van der Waals surface area contributed by atoms with Crippen LogP contribution in [-0.2, 0) is 31.9 Å². The van der Waals surface area contributed by atoms with E-state index in [4.69, 9.17) is 24.4 Å². The van der Waals surface area contributed by atoms with Crippen molar-refractivity contribution in [1.29, 1.82) is 0 Å². The summed E-state index contributed by atoms with van der Waals surface area (Å²) in [7, 11) is 0. The summed E-state index contributed by atoms with van der Waals surface area (Å²) in [5, 5.41) is 5.56. The molecule has 0 amide bonds. The van der Waals surface area contributed by atoms with Gasteiger partial charge >= 0.3 is 148 Å². The molecule has 71 heavy (non-hydrogen) atoms. The molecule has 6 nitrogen and oxygen atoms in total. The maximum absolute atomic E-state index is 6.71. The van der Waals surface area contributed by atoms with Crippen LogP contribution in [0.1, 0.15) is 68.1 Å². The molecule has 0 saturated carbocycles. The molecule has 0 N–H and O–H groups in total. The quantitative estimate of drug-likeness (QED) is 0.117. The monoisotopic (exact) mass is 1170 g/mol. The number of benzene rings is 6. The van der Waals surface area contributed by atoms with Gasteiger partial charge < -0.3 is 8.98 Å². The molecule has 11 aromatic rings. The fraction of sp³-hybridized carbons (Fsp3) is 0.238. The van der Waals surface area contributed by atoms with Gasteiger partial charge in [0, 0.05) is 47.8 Å². The number of furan rings is 1. The predicted octanol–water partition coefficient (Wildman–Crippen LogP) is 16.0. The fourth-order valence-corrected chi connectivity index (χ4v) is 13.4. The Morgan fingerprint density at radius 3 is 2.14 bits per heavy atom. The second-order valence-corrected chi connectivity index (χ2v) is 32.1. The number of aromatic nitrogens is 5. The van der Waals surface area contributed by atoms with Gasteiger partial charge in [0.1, 0.15) is 0 Å². The first-order valence-electron chi connectivity index (χ1n) is 24.5. The van der Waals surface area contributed by atoms with Gasteiger partial charge in [-0.25, -0.2) is 4.98 Å². The summed E-state index contributed by atoms with van der Waals surface area (Å²) in [4.78, 5) is 20.2. The molecule has 0 saturated heterocycles. The molecule has 5 heterocycles. The van der Waals surface area contributed by atoms with Crippen LogP contribution in [0.25, 0.3) is 94.4 Å². The van der Waals surface area contributed by atoms with Gasteiger partial charge in [0.15, 0.2) is 0 Å². The Kier molecular flexibility index (Phi) is 13.6. The number of hydrogen-bond donors (Lipinski definition) is 0. The van der Waals surface area contributed by atoms with Gasteiger partial charge in [0.2, 0.25) is 5.71 Å². The van der Waals surface area contributed by atoms with Crippen molar-refractivity contribution in [2.75, 3.05) is 0 Å². The van der Waals surface area contributed by atoms with Gasteiger partial charge in [0.05, 0.1) is 33.7 Å². The van der Waals surface area contributed by atoms with Crippen LogP contribution in [0.5, 0.6) is 0 Å². The molecule has 0 unspecified atom stereocenters. The van der Waals surface area contributed by atoms with Crippen LogP contribution >= 0.6 is 0 Å². The van der Waals surface area contributed by atoms with Crippen molar-refractivity contribution in [1.82, 2.24) is 24.5 Å². The van der Waals surface area contributed by atoms with Crippen molar-refractivity contribution in [3.8, 4) is 39.6 Å². The zero-order chi connectivity index (χ0) is 49.2. The van der Waals surface area contributed by atoms with Crippen LogP contribution < -0.4 is 4.40 Å². The van der Waals surface area contributed by atoms with Crippen molar-refractivity contribution in [2.45, 2.75) is 91.4 Å². The third kappa shape index (κ3) is 9.53. The van der Waals surface area contributed by atoms with Crippen LogP contribution in [0.3, 0.4) is 0 Å². The normalized spacial score (nSPS) is 12.0. The number of aryl methyl sites for hydroxylation is 4. The van der Waals surface area contributed by atoms with Crippen LogP contribution in [0, 0.1) is 45.7 Å². The Bertz CT molecular complexity index is 3770. The topological polar surface area (TPSA) is 69.6 Å². The minimum absolute atomic E-state index is 0. The van der Waals surface area contributed by atoms with E-state index in [1.165, 1.54) is 37.4 Å². The minimum atomic E-state index is -1.92. The van der Waals surface area contributed by atoms with Gasteiger partial charge in [-0.2, -0.15) is 0 Å². The van der Waals surface area contributed by atoms with E-state index in [0.717, 1.165) is 95.6 Å². The second-order valence-electron chi connectivity index (χ2n) is 21.5. The van der Waals surface area contributed by atoms with Gasteiger partial charge in [-0.15, -0.1) is 17.7 Å². The average molecular weight is 1170 g/mol. The number of pyridine rings is 3. The van der Waals surface area contributed by atoms with Crippen LogP contribution in [0.15, 0.2) is 138 Å². The molecule has 0 aliphatic carbocycles. The van der Waals surface area contributed by atoms with Crippen LogP contribution in [-0.4, -0.2) is 37.8 Å². The van der Waals surface area contributed by atoms with Crippen LogP contribution in [0.4, 0.5) is 0 Å². The summed E-state index contributed by atoms with van der Waals surface area (Å²) in [6.45, 7) is 19.7. The minimum Gasteiger partial charge on any atom is -0.486 e. The van der Waals surface area contributed by atoms with Gasteiger partial charge in [-0.1, -0.05) is 81.1 Å². The summed E-state index contributed by atoms with van der Waals surface area (Å²) < 4.78 is 10.5. The molecule has 0 atom stereocenters. The van der Waals surface area contributed by atoms with Crippen molar-refractivity contribution >= 4 is 72.4 Å². The molecule has 0 aliphatic heterocycles. The fourth-order valence-electron chi connectivity index (χ4n) is 10.1. The Balaban J connectivity index is 0.000000211. The average Bonchev–Trinajstić information content (AvgIpc) is 3.91. The van der Waals surface area contributed by atoms with E-state index < -0.39 is 13.3 Å². The maximum atomic E-state index is 6.71. The number of fused-ring (bicyclic) bond motifs is 7. The summed E-state index contributed by atoms with van der Waals surface area (Å²) in [5.41, 5.74) is 17.4. The largest absolute Gasteiger partial charge is 0.486 e. The summed E-state index contributed by atoms with van der Waals surface area (Å²) in [6.07, 6.45) is 3.28. The third-order valence-electron chi connectivity index (χ3n) is 13.6. The van der Waals surface area contributed by atoms with Crippen molar-refractivity contribution in [3.05, 3.63) is 179 Å². The molecule has 0 bridgehead atoms. The first-order valence-corrected chi connectivity index (χ1v) is 31.9. The molecule has 5 aromatic heterocycles. The standard InChI is InChI=1S/C41H35N4O.C22H26GeN.Ir/c1-23-9-8-10-24(2)34(23)32-22-20-30-35-25(3)11-19-31(38(35)46-40(30)44-32)39-43-33-21-14-27-13-12-26(4)42-36(27)37(33)45(39)29-17-15-28(16-18-29)41(5,6)7;1-16(2)13-18-14-22(24-15-21(18)23(3,4)5)20-12-8-10-17-9-6-7-11-19(17)20;/h8-18,20-22H,1-7H3;6-11,14-16H,13H2,1-5H3;/q2*-1;. The molecule has 0 fully saturated rings. The van der Waals surface area contributed by atoms with Crippen molar-refractivity contribution in [3.63, 3.8) is 0 Å². The second kappa shape index (κ2) is 19.4. The molecule has 0 spiro atoms. The molecule has 8 heteroatoms. The molecule has 0 aliphatic rings. The molecule has 1 radical (unpaired) electrons.